The molecule has 7 heteroatoms. The van der Waals surface area contributed by atoms with Gasteiger partial charge in [0, 0.05) is 24.1 Å². The van der Waals surface area contributed by atoms with E-state index in [1.54, 1.807) is 54.8 Å². The summed E-state index contributed by atoms with van der Waals surface area (Å²) in [4.78, 5) is 43.6. The number of nitrogens with one attached hydrogen (secondary N) is 1. The highest BCUT2D eigenvalue weighted by Gasteiger charge is 2.35. The monoisotopic (exact) mass is 465 g/mol. The van der Waals surface area contributed by atoms with Crippen LogP contribution >= 0.6 is 0 Å². The molecule has 3 amide bonds. The van der Waals surface area contributed by atoms with E-state index in [1.807, 2.05) is 31.2 Å². The Bertz CT molecular complexity index is 1390. The van der Waals surface area contributed by atoms with Crippen molar-refractivity contribution in [1.82, 2.24) is 15.2 Å². The molecule has 0 unspecified atom stereocenters. The lowest BCUT2D eigenvalue weighted by atomic mass is 10.1. The molecule has 0 saturated heterocycles. The number of imide groups is 1. The van der Waals surface area contributed by atoms with Crippen LogP contribution in [0.4, 0.5) is 0 Å². The number of aromatic nitrogens is 1. The molecule has 0 radical (unpaired) electrons. The third kappa shape index (κ3) is 4.61. The Hall–Kier alpha value is -4.52. The molecule has 0 spiro atoms. The van der Waals surface area contributed by atoms with Crippen molar-refractivity contribution in [2.24, 2.45) is 0 Å². The topological polar surface area (TPSA) is 92.5 Å². The van der Waals surface area contributed by atoms with Crippen molar-refractivity contribution in [2.75, 3.05) is 6.54 Å². The summed E-state index contributed by atoms with van der Waals surface area (Å²) < 4.78 is 5.57. The van der Waals surface area contributed by atoms with Gasteiger partial charge >= 0.3 is 0 Å². The zero-order chi connectivity index (χ0) is 24.4. The van der Waals surface area contributed by atoms with Crippen molar-refractivity contribution in [3.8, 4) is 11.5 Å². The highest BCUT2D eigenvalue weighted by Crippen LogP contribution is 2.24. The minimum atomic E-state index is -0.321. The van der Waals surface area contributed by atoms with Gasteiger partial charge in [-0.1, -0.05) is 42.0 Å². The molecular formula is C28H23N3O4. The Balaban J connectivity index is 1.18. The number of nitrogens with zero attached hydrogens (tertiary/aromatic N) is 2. The highest BCUT2D eigenvalue weighted by atomic mass is 16.3. The van der Waals surface area contributed by atoms with Crippen molar-refractivity contribution in [2.45, 2.75) is 19.9 Å². The first-order valence-electron chi connectivity index (χ1n) is 11.3. The van der Waals surface area contributed by atoms with Crippen LogP contribution in [0.3, 0.4) is 0 Å². The molecule has 0 atom stereocenters. The Morgan fingerprint density at radius 1 is 0.943 bits per heavy atom. The van der Waals surface area contributed by atoms with Crippen LogP contribution in [0.25, 0.3) is 11.5 Å². The first-order valence-corrected chi connectivity index (χ1v) is 11.3. The van der Waals surface area contributed by atoms with Gasteiger partial charge < -0.3 is 9.73 Å². The van der Waals surface area contributed by atoms with Gasteiger partial charge in [0.25, 0.3) is 17.7 Å². The van der Waals surface area contributed by atoms with Crippen LogP contribution in [-0.2, 0) is 13.0 Å². The summed E-state index contributed by atoms with van der Waals surface area (Å²) in [5.74, 6) is -0.334. The van der Waals surface area contributed by atoms with E-state index in [9.17, 15) is 14.4 Å². The fraction of sp³-hybridized carbons (Fsp3) is 0.143. The molecule has 2 heterocycles. The van der Waals surface area contributed by atoms with Crippen LogP contribution < -0.4 is 5.32 Å². The van der Waals surface area contributed by atoms with Gasteiger partial charge in [-0.25, -0.2) is 4.98 Å². The molecule has 7 nitrogen and oxygen atoms in total. The van der Waals surface area contributed by atoms with Gasteiger partial charge in [0.05, 0.1) is 23.4 Å². The fourth-order valence-corrected chi connectivity index (χ4v) is 4.03. The van der Waals surface area contributed by atoms with Crippen LogP contribution in [0.1, 0.15) is 47.9 Å². The molecule has 0 fully saturated rings. The lowest BCUT2D eigenvalue weighted by molar-refractivity contribution is 0.0642. The Kier molecular flexibility index (Phi) is 5.97. The van der Waals surface area contributed by atoms with Gasteiger partial charge in [-0.05, 0) is 48.9 Å². The van der Waals surface area contributed by atoms with Crippen LogP contribution in [0, 0.1) is 6.92 Å². The van der Waals surface area contributed by atoms with E-state index < -0.39 is 0 Å². The second-order valence-corrected chi connectivity index (χ2v) is 8.46. The van der Waals surface area contributed by atoms with E-state index in [4.69, 9.17) is 4.42 Å². The quantitative estimate of drug-likeness (QED) is 0.408. The summed E-state index contributed by atoms with van der Waals surface area (Å²) in [7, 11) is 0. The summed E-state index contributed by atoms with van der Waals surface area (Å²) in [5.41, 5.74) is 4.79. The number of carbonyl (C=O) groups is 3. The second kappa shape index (κ2) is 9.38. The van der Waals surface area contributed by atoms with E-state index in [1.165, 1.54) is 4.90 Å². The summed E-state index contributed by atoms with van der Waals surface area (Å²) in [6.45, 7) is 2.52. The Morgan fingerprint density at radius 2 is 1.66 bits per heavy atom. The van der Waals surface area contributed by atoms with E-state index in [-0.39, 0.29) is 24.3 Å². The number of carbonyl (C=O) groups excluding carboxylic acids is 3. The highest BCUT2D eigenvalue weighted by molar-refractivity contribution is 6.21. The van der Waals surface area contributed by atoms with Crippen LogP contribution in [-0.4, -0.2) is 34.2 Å². The lowest BCUT2D eigenvalue weighted by Gasteiger charge is -2.14. The molecule has 0 aliphatic carbocycles. The van der Waals surface area contributed by atoms with Crippen molar-refractivity contribution < 1.29 is 18.8 Å². The molecule has 5 rings (SSSR count). The largest absolute Gasteiger partial charge is 0.444 e. The maximum absolute atomic E-state index is 12.7. The summed E-state index contributed by atoms with van der Waals surface area (Å²) in [5, 5.41) is 2.89. The van der Waals surface area contributed by atoms with Crippen LogP contribution in [0.5, 0.6) is 0 Å². The van der Waals surface area contributed by atoms with E-state index in [0.29, 0.717) is 41.1 Å². The Labute approximate surface area is 202 Å². The number of hydrogen-bond donors (Lipinski definition) is 1. The second-order valence-electron chi connectivity index (χ2n) is 8.46. The summed E-state index contributed by atoms with van der Waals surface area (Å²) >= 11 is 0. The van der Waals surface area contributed by atoms with E-state index in [0.717, 1.165) is 16.8 Å². The van der Waals surface area contributed by atoms with Gasteiger partial charge in [0.1, 0.15) is 6.26 Å². The van der Waals surface area contributed by atoms with E-state index >= 15 is 0 Å². The zero-order valence-electron chi connectivity index (χ0n) is 19.2. The summed E-state index contributed by atoms with van der Waals surface area (Å²) in [6.07, 6.45) is 2.12. The molecule has 3 aromatic carbocycles. The Morgan fingerprint density at radius 3 is 2.37 bits per heavy atom. The molecule has 0 bridgehead atoms. The van der Waals surface area contributed by atoms with Gasteiger partial charge in [-0.2, -0.15) is 0 Å². The maximum atomic E-state index is 12.7. The predicted molar refractivity (Wildman–Crippen MR) is 130 cm³/mol. The number of rotatable bonds is 7. The molecule has 1 aliphatic heterocycles. The molecule has 1 N–H and O–H groups in total. The van der Waals surface area contributed by atoms with Gasteiger partial charge in [0.15, 0.2) is 0 Å². The minimum absolute atomic E-state index is 0.105. The number of benzene rings is 3. The molecule has 35 heavy (non-hydrogen) atoms. The third-order valence-corrected chi connectivity index (χ3v) is 5.93. The van der Waals surface area contributed by atoms with Gasteiger partial charge in [-0.15, -0.1) is 0 Å². The molecular weight excluding hydrogens is 442 g/mol. The minimum Gasteiger partial charge on any atom is -0.444 e. The number of fused-ring (bicyclic) bond motifs is 1. The molecule has 1 aromatic heterocycles. The number of oxazole rings is 1. The van der Waals surface area contributed by atoms with Crippen LogP contribution in [0.15, 0.2) is 83.5 Å². The molecule has 0 saturated carbocycles. The molecule has 4 aromatic rings. The number of amides is 3. The normalized spacial score (nSPS) is 12.7. The summed E-state index contributed by atoms with van der Waals surface area (Å²) in [6, 6.07) is 21.6. The van der Waals surface area contributed by atoms with Gasteiger partial charge in [0.2, 0.25) is 5.89 Å². The lowest BCUT2D eigenvalue weighted by Crippen LogP contribution is -2.29. The van der Waals surface area contributed by atoms with Crippen molar-refractivity contribution >= 4 is 17.7 Å². The number of aryl methyl sites for hydroxylation is 1. The SMILES string of the molecule is Cc1ccc(-c2nc(CCNC(=O)c3cccc(CN4C(=O)c5ccccc5C4=O)c3)co2)cc1. The van der Waals surface area contributed by atoms with E-state index in [2.05, 4.69) is 10.3 Å². The fourth-order valence-electron chi connectivity index (χ4n) is 4.03. The third-order valence-electron chi connectivity index (χ3n) is 5.93. The smallest absolute Gasteiger partial charge is 0.261 e. The zero-order valence-corrected chi connectivity index (χ0v) is 19.2. The average molecular weight is 466 g/mol. The first-order chi connectivity index (χ1) is 17.0. The first kappa shape index (κ1) is 22.3. The number of hydrogen-bond acceptors (Lipinski definition) is 5. The maximum Gasteiger partial charge on any atom is 0.261 e. The predicted octanol–water partition coefficient (Wildman–Crippen LogP) is 4.42. The van der Waals surface area contributed by atoms with Crippen molar-refractivity contribution in [1.29, 1.82) is 0 Å². The average Bonchev–Trinajstić information content (AvgIpc) is 3.44. The standard InChI is InChI=1S/C28H23N3O4/c1-18-9-11-20(12-10-18)26-30-22(17-35-26)13-14-29-25(32)21-6-4-5-19(15-21)16-31-27(33)23-7-2-3-8-24(23)28(31)34/h2-12,15,17H,13-14,16H2,1H3,(H,29,32). The van der Waals surface area contributed by atoms with Crippen LogP contribution in [0.2, 0.25) is 0 Å². The van der Waals surface area contributed by atoms with Gasteiger partial charge in [-0.3, -0.25) is 19.3 Å². The molecule has 1 aliphatic rings. The van der Waals surface area contributed by atoms with Crippen molar-refractivity contribution in [3.63, 3.8) is 0 Å². The molecule has 174 valence electrons. The van der Waals surface area contributed by atoms with Crippen molar-refractivity contribution in [3.05, 3.63) is 113 Å².